The number of nitrogens with zero attached hydrogens (tertiary/aromatic N) is 3. The van der Waals surface area contributed by atoms with Crippen molar-refractivity contribution in [2.45, 2.75) is 45.1 Å². The fourth-order valence-electron chi connectivity index (χ4n) is 4.24. The van der Waals surface area contributed by atoms with Crippen LogP contribution in [0, 0.1) is 0 Å². The number of carbonyl (C=O) groups is 3. The maximum Gasteiger partial charge on any atom is 0.471 e. The zero-order chi connectivity index (χ0) is 27.7. The van der Waals surface area contributed by atoms with E-state index in [0.717, 1.165) is 11.3 Å². The molecule has 0 unspecified atom stereocenters. The molecular weight excluding hydrogens is 505 g/mol. The standard InChI is InChI=1S/C26H31F3N4O5/c1-3-38-24(35)18-8-11-30-21(14-18)16-33(25(36)26(27,28)29)17-23(34)31-20-9-12-32(13-10-20)15-19-6-4-5-7-22(19)37-2/h4-8,11,14,20H,3,9-10,12-13,15-17H2,1-2H3,(H,31,34). The first-order valence-corrected chi connectivity index (χ1v) is 12.2. The molecule has 1 aliphatic heterocycles. The maximum absolute atomic E-state index is 13.3. The van der Waals surface area contributed by atoms with Crippen molar-refractivity contribution in [1.82, 2.24) is 20.1 Å². The lowest BCUT2D eigenvalue weighted by atomic mass is 10.0. The fourth-order valence-corrected chi connectivity index (χ4v) is 4.24. The predicted octanol–water partition coefficient (Wildman–Crippen LogP) is 2.94. The molecule has 12 heteroatoms. The highest BCUT2D eigenvalue weighted by Crippen LogP contribution is 2.22. The number of pyridine rings is 1. The zero-order valence-corrected chi connectivity index (χ0v) is 21.3. The number of methoxy groups -OCH3 is 1. The lowest BCUT2D eigenvalue weighted by Gasteiger charge is -2.33. The molecule has 2 aromatic rings. The number of alkyl halides is 3. The zero-order valence-electron chi connectivity index (χ0n) is 21.3. The average molecular weight is 537 g/mol. The molecule has 1 aromatic heterocycles. The van der Waals surface area contributed by atoms with E-state index >= 15 is 0 Å². The van der Waals surface area contributed by atoms with Crippen molar-refractivity contribution < 1.29 is 37.0 Å². The van der Waals surface area contributed by atoms with Gasteiger partial charge in [-0.05, 0) is 38.0 Å². The van der Waals surface area contributed by atoms with Gasteiger partial charge >= 0.3 is 18.1 Å². The average Bonchev–Trinajstić information content (AvgIpc) is 2.89. The van der Waals surface area contributed by atoms with Crippen LogP contribution >= 0.6 is 0 Å². The van der Waals surface area contributed by atoms with Gasteiger partial charge in [0.2, 0.25) is 5.91 Å². The molecule has 9 nitrogen and oxygen atoms in total. The van der Waals surface area contributed by atoms with Gasteiger partial charge in [0.25, 0.3) is 0 Å². The summed E-state index contributed by atoms with van der Waals surface area (Å²) < 4.78 is 50.1. The Morgan fingerprint density at radius 1 is 1.16 bits per heavy atom. The number of halogens is 3. The van der Waals surface area contributed by atoms with Crippen LogP contribution in [0.4, 0.5) is 13.2 Å². The number of nitrogens with one attached hydrogen (secondary N) is 1. The lowest BCUT2D eigenvalue weighted by Crippen LogP contribution is -2.50. The molecule has 0 spiro atoms. The Labute approximate surface area is 218 Å². The monoisotopic (exact) mass is 536 g/mol. The minimum atomic E-state index is -5.18. The summed E-state index contributed by atoms with van der Waals surface area (Å²) >= 11 is 0. The maximum atomic E-state index is 13.3. The number of aromatic nitrogens is 1. The van der Waals surface area contributed by atoms with Crippen molar-refractivity contribution in [3.63, 3.8) is 0 Å². The van der Waals surface area contributed by atoms with Gasteiger partial charge in [0, 0.05) is 37.4 Å². The van der Waals surface area contributed by atoms with Crippen LogP contribution in [0.5, 0.6) is 5.75 Å². The Morgan fingerprint density at radius 2 is 1.87 bits per heavy atom. The molecule has 0 aliphatic carbocycles. The normalized spacial score (nSPS) is 14.6. The van der Waals surface area contributed by atoms with Crippen LogP contribution in [0.3, 0.4) is 0 Å². The quantitative estimate of drug-likeness (QED) is 0.466. The molecule has 2 amide bonds. The second-order valence-corrected chi connectivity index (χ2v) is 8.85. The fraction of sp³-hybridized carbons (Fsp3) is 0.462. The number of likely N-dealkylation sites (tertiary alicyclic amines) is 1. The Balaban J connectivity index is 1.59. The van der Waals surface area contributed by atoms with Crippen molar-refractivity contribution in [3.8, 4) is 5.75 Å². The van der Waals surface area contributed by atoms with Gasteiger partial charge in [-0.1, -0.05) is 18.2 Å². The summed E-state index contributed by atoms with van der Waals surface area (Å²) in [4.78, 5) is 43.2. The van der Waals surface area contributed by atoms with Gasteiger partial charge in [0.1, 0.15) is 12.3 Å². The molecule has 0 atom stereocenters. The molecule has 1 N–H and O–H groups in total. The van der Waals surface area contributed by atoms with Gasteiger partial charge in [-0.25, -0.2) is 4.79 Å². The first-order chi connectivity index (χ1) is 18.1. The third kappa shape index (κ3) is 8.17. The van der Waals surface area contributed by atoms with E-state index in [-0.39, 0.29) is 23.9 Å². The van der Waals surface area contributed by atoms with Gasteiger partial charge in [-0.2, -0.15) is 13.2 Å². The third-order valence-corrected chi connectivity index (χ3v) is 6.08. The number of ether oxygens (including phenoxy) is 2. The third-order valence-electron chi connectivity index (χ3n) is 6.08. The highest BCUT2D eigenvalue weighted by molar-refractivity contribution is 5.89. The number of amides is 2. The lowest BCUT2D eigenvalue weighted by molar-refractivity contribution is -0.186. The van der Waals surface area contributed by atoms with Gasteiger partial charge in [0.15, 0.2) is 0 Å². The summed E-state index contributed by atoms with van der Waals surface area (Å²) in [7, 11) is 1.61. The van der Waals surface area contributed by atoms with E-state index in [0.29, 0.717) is 37.4 Å². The Morgan fingerprint density at radius 3 is 2.53 bits per heavy atom. The second-order valence-electron chi connectivity index (χ2n) is 8.85. The van der Waals surface area contributed by atoms with Crippen LogP contribution in [0.25, 0.3) is 0 Å². The summed E-state index contributed by atoms with van der Waals surface area (Å²) in [6.07, 6.45) is -2.73. The highest BCUT2D eigenvalue weighted by Gasteiger charge is 2.43. The molecular formula is C26H31F3N4O5. The molecule has 0 saturated carbocycles. The van der Waals surface area contributed by atoms with Crippen LogP contribution in [0.15, 0.2) is 42.6 Å². The van der Waals surface area contributed by atoms with Gasteiger partial charge in [0.05, 0.1) is 31.5 Å². The van der Waals surface area contributed by atoms with Crippen molar-refractivity contribution in [3.05, 3.63) is 59.4 Å². The molecule has 1 aromatic carbocycles. The van der Waals surface area contributed by atoms with E-state index in [1.165, 1.54) is 18.3 Å². The summed E-state index contributed by atoms with van der Waals surface area (Å²) in [5.41, 5.74) is 1.14. The minimum Gasteiger partial charge on any atom is -0.496 e. The molecule has 0 bridgehead atoms. The number of hydrogen-bond acceptors (Lipinski definition) is 7. The SMILES string of the molecule is CCOC(=O)c1ccnc(CN(CC(=O)NC2CCN(Cc3ccccc3OC)CC2)C(=O)C(F)(F)F)c1. The Kier molecular flexibility index (Phi) is 10.1. The van der Waals surface area contributed by atoms with E-state index in [9.17, 15) is 27.6 Å². The Bertz CT molecular complexity index is 1120. The summed E-state index contributed by atoms with van der Waals surface area (Å²) in [5, 5.41) is 2.75. The minimum absolute atomic E-state index is 0.0191. The number of hydrogen-bond donors (Lipinski definition) is 1. The van der Waals surface area contributed by atoms with Gasteiger partial charge in [-0.3, -0.25) is 19.5 Å². The number of para-hydroxylation sites is 1. The number of rotatable bonds is 10. The van der Waals surface area contributed by atoms with Crippen LogP contribution in [-0.2, 0) is 27.4 Å². The van der Waals surface area contributed by atoms with Crippen LogP contribution in [0.1, 0.15) is 41.4 Å². The molecule has 0 radical (unpaired) electrons. The molecule has 1 fully saturated rings. The van der Waals surface area contributed by atoms with E-state index in [1.54, 1.807) is 14.0 Å². The highest BCUT2D eigenvalue weighted by atomic mass is 19.4. The van der Waals surface area contributed by atoms with E-state index in [1.807, 2.05) is 24.3 Å². The van der Waals surface area contributed by atoms with Crippen LogP contribution < -0.4 is 10.1 Å². The molecule has 38 heavy (non-hydrogen) atoms. The van der Waals surface area contributed by atoms with Crippen LogP contribution in [0.2, 0.25) is 0 Å². The molecule has 2 heterocycles. The molecule has 1 saturated heterocycles. The van der Waals surface area contributed by atoms with Gasteiger partial charge < -0.3 is 19.7 Å². The number of esters is 1. The smallest absolute Gasteiger partial charge is 0.471 e. The number of carbonyl (C=O) groups excluding carboxylic acids is 3. The van der Waals surface area contributed by atoms with E-state index in [2.05, 4.69) is 15.2 Å². The molecule has 1 aliphatic rings. The van der Waals surface area contributed by atoms with Crippen LogP contribution in [-0.4, -0.2) is 78.1 Å². The van der Waals surface area contributed by atoms with Gasteiger partial charge in [-0.15, -0.1) is 0 Å². The second kappa shape index (κ2) is 13.2. The number of benzene rings is 1. The molecule has 3 rings (SSSR count). The number of piperidine rings is 1. The van der Waals surface area contributed by atoms with Crippen molar-refractivity contribution in [2.24, 2.45) is 0 Å². The Hall–Kier alpha value is -3.67. The molecule has 206 valence electrons. The van der Waals surface area contributed by atoms with E-state index in [4.69, 9.17) is 9.47 Å². The topological polar surface area (TPSA) is 101 Å². The summed E-state index contributed by atoms with van der Waals surface area (Å²) in [6.45, 7) is 2.37. The first kappa shape index (κ1) is 28.9. The van der Waals surface area contributed by atoms with Crippen molar-refractivity contribution in [2.75, 3.05) is 33.4 Å². The van der Waals surface area contributed by atoms with E-state index < -0.39 is 37.0 Å². The first-order valence-electron chi connectivity index (χ1n) is 12.2. The van der Waals surface area contributed by atoms with Crippen molar-refractivity contribution >= 4 is 17.8 Å². The largest absolute Gasteiger partial charge is 0.496 e. The predicted molar refractivity (Wildman–Crippen MR) is 131 cm³/mol. The summed E-state index contributed by atoms with van der Waals surface area (Å²) in [6, 6.07) is 10.1. The summed E-state index contributed by atoms with van der Waals surface area (Å²) in [5.74, 6) is -2.74. The van der Waals surface area contributed by atoms with Crippen molar-refractivity contribution in [1.29, 1.82) is 0 Å².